The molecule has 2 heterocycles. The van der Waals surface area contributed by atoms with Crippen LogP contribution in [-0.4, -0.2) is 33.0 Å². The lowest BCUT2D eigenvalue weighted by atomic mass is 10.0. The molecule has 3 aromatic rings. The summed E-state index contributed by atoms with van der Waals surface area (Å²) in [6.07, 6.45) is 4.79. The van der Waals surface area contributed by atoms with E-state index in [9.17, 15) is 18.4 Å². The quantitative estimate of drug-likeness (QED) is 0.356. The number of Topliss-reactive ketones (excluding diaryl/α,β-unsaturated/α-hetero) is 2. The summed E-state index contributed by atoms with van der Waals surface area (Å²) in [4.78, 5) is 29.2. The molecule has 0 amide bonds. The topological polar surface area (TPSA) is 60.7 Å². The number of benzene rings is 1. The molecule has 7 heteroatoms. The van der Waals surface area contributed by atoms with Gasteiger partial charge in [-0.3, -0.25) is 14.0 Å². The smallest absolute Gasteiger partial charge is 0.245 e. The van der Waals surface area contributed by atoms with Crippen molar-refractivity contribution in [1.82, 2.24) is 9.38 Å². The SMILES string of the molecule is CC(C)Oc1cc(CC(=O)CCC(C)(F)F)cc(-c2cnc3cc(C(=O)C4CC4)ccn23)c1. The molecular formula is C26H28F2N2O3. The van der Waals surface area contributed by atoms with Gasteiger partial charge in [-0.25, -0.2) is 13.8 Å². The van der Waals surface area contributed by atoms with Crippen molar-refractivity contribution in [3.63, 3.8) is 0 Å². The summed E-state index contributed by atoms with van der Waals surface area (Å²) < 4.78 is 34.1. The summed E-state index contributed by atoms with van der Waals surface area (Å²) in [5, 5.41) is 0. The number of fused-ring (bicyclic) bond motifs is 1. The number of aromatic nitrogens is 2. The van der Waals surface area contributed by atoms with E-state index in [0.29, 0.717) is 22.5 Å². The third-order valence-corrected chi connectivity index (χ3v) is 5.62. The fourth-order valence-corrected chi connectivity index (χ4v) is 3.85. The summed E-state index contributed by atoms with van der Waals surface area (Å²) >= 11 is 0. The minimum atomic E-state index is -2.86. The lowest BCUT2D eigenvalue weighted by Crippen LogP contribution is -2.13. The van der Waals surface area contributed by atoms with Crippen molar-refractivity contribution < 1.29 is 23.1 Å². The molecule has 1 aromatic carbocycles. The fourth-order valence-electron chi connectivity index (χ4n) is 3.85. The first-order valence-electron chi connectivity index (χ1n) is 11.3. The maximum atomic E-state index is 13.2. The van der Waals surface area contributed by atoms with Crippen molar-refractivity contribution in [3.8, 4) is 17.0 Å². The maximum Gasteiger partial charge on any atom is 0.245 e. The number of halogens is 2. The molecule has 174 valence electrons. The van der Waals surface area contributed by atoms with Crippen LogP contribution >= 0.6 is 0 Å². The zero-order valence-electron chi connectivity index (χ0n) is 19.1. The molecule has 1 saturated carbocycles. The van der Waals surface area contributed by atoms with E-state index in [2.05, 4.69) is 4.98 Å². The number of imidazole rings is 1. The highest BCUT2D eigenvalue weighted by atomic mass is 19.3. The Hall–Kier alpha value is -3.09. The zero-order valence-corrected chi connectivity index (χ0v) is 19.1. The predicted octanol–water partition coefficient (Wildman–Crippen LogP) is 5.93. The Morgan fingerprint density at radius 2 is 1.97 bits per heavy atom. The molecule has 1 aliphatic carbocycles. The molecule has 0 radical (unpaired) electrons. The van der Waals surface area contributed by atoms with Crippen LogP contribution in [0.4, 0.5) is 8.78 Å². The highest BCUT2D eigenvalue weighted by Gasteiger charge is 2.30. The maximum absolute atomic E-state index is 13.2. The van der Waals surface area contributed by atoms with Gasteiger partial charge in [0, 0.05) is 42.5 Å². The monoisotopic (exact) mass is 454 g/mol. The first-order chi connectivity index (χ1) is 15.6. The van der Waals surface area contributed by atoms with Crippen molar-refractivity contribution in [2.45, 2.75) is 64.9 Å². The average molecular weight is 455 g/mol. The van der Waals surface area contributed by atoms with Gasteiger partial charge in [0.1, 0.15) is 17.2 Å². The highest BCUT2D eigenvalue weighted by molar-refractivity contribution is 6.00. The van der Waals surface area contributed by atoms with Crippen LogP contribution in [0.25, 0.3) is 16.9 Å². The molecule has 0 N–H and O–H groups in total. The lowest BCUT2D eigenvalue weighted by molar-refractivity contribution is -0.120. The molecule has 2 aromatic heterocycles. The summed E-state index contributed by atoms with van der Waals surface area (Å²) in [5.74, 6) is -2.21. The first-order valence-corrected chi connectivity index (χ1v) is 11.3. The summed E-state index contributed by atoms with van der Waals surface area (Å²) in [5.41, 5.74) is 3.61. The number of carbonyl (C=O) groups excluding carboxylic acids is 2. The van der Waals surface area contributed by atoms with Crippen LogP contribution in [0.3, 0.4) is 0 Å². The number of hydrogen-bond donors (Lipinski definition) is 0. The van der Waals surface area contributed by atoms with E-state index in [1.165, 1.54) is 0 Å². The van der Waals surface area contributed by atoms with Gasteiger partial charge in [0.05, 0.1) is 18.0 Å². The van der Waals surface area contributed by atoms with E-state index in [1.807, 2.05) is 42.6 Å². The van der Waals surface area contributed by atoms with E-state index in [0.717, 1.165) is 31.0 Å². The summed E-state index contributed by atoms with van der Waals surface area (Å²) in [6.45, 7) is 4.64. The second-order valence-electron chi connectivity index (χ2n) is 9.24. The third kappa shape index (κ3) is 5.83. The number of ketones is 2. The van der Waals surface area contributed by atoms with Gasteiger partial charge in [0.2, 0.25) is 5.92 Å². The van der Waals surface area contributed by atoms with Crippen molar-refractivity contribution in [2.75, 3.05) is 0 Å². The largest absolute Gasteiger partial charge is 0.491 e. The van der Waals surface area contributed by atoms with Gasteiger partial charge >= 0.3 is 0 Å². The molecule has 0 spiro atoms. The minimum absolute atomic E-state index is 0.0507. The van der Waals surface area contributed by atoms with Crippen molar-refractivity contribution in [2.24, 2.45) is 5.92 Å². The second kappa shape index (κ2) is 9.04. The minimum Gasteiger partial charge on any atom is -0.491 e. The number of ether oxygens (including phenoxy) is 1. The molecule has 33 heavy (non-hydrogen) atoms. The molecule has 0 unspecified atom stereocenters. The van der Waals surface area contributed by atoms with Crippen molar-refractivity contribution >= 4 is 17.2 Å². The molecule has 0 bridgehead atoms. The molecule has 0 saturated heterocycles. The van der Waals surface area contributed by atoms with Crippen molar-refractivity contribution in [3.05, 3.63) is 53.9 Å². The second-order valence-corrected chi connectivity index (χ2v) is 9.24. The Bertz CT molecular complexity index is 1190. The zero-order chi connectivity index (χ0) is 23.8. The average Bonchev–Trinajstić information content (AvgIpc) is 3.49. The Morgan fingerprint density at radius 1 is 1.21 bits per heavy atom. The number of hydrogen-bond acceptors (Lipinski definition) is 4. The Balaban J connectivity index is 1.64. The Labute approximate surface area is 191 Å². The van der Waals surface area contributed by atoms with Crippen LogP contribution in [0, 0.1) is 5.92 Å². The molecule has 1 fully saturated rings. The fraction of sp³-hybridized carbons (Fsp3) is 0.423. The third-order valence-electron chi connectivity index (χ3n) is 5.62. The lowest BCUT2D eigenvalue weighted by Gasteiger charge is -2.14. The molecule has 1 aliphatic rings. The van der Waals surface area contributed by atoms with Gasteiger partial charge in [-0.05, 0) is 69.5 Å². The Morgan fingerprint density at radius 3 is 2.64 bits per heavy atom. The van der Waals surface area contributed by atoms with E-state index >= 15 is 0 Å². The van der Waals surface area contributed by atoms with Gasteiger partial charge in [-0.15, -0.1) is 0 Å². The molecule has 0 atom stereocenters. The van der Waals surface area contributed by atoms with E-state index in [-0.39, 0.29) is 36.4 Å². The standard InChI is InChI=1S/C26H28F2N2O3/c1-16(2)33-22-12-17(11-21(31)6-8-26(3,27)28)10-20(13-22)23-15-29-24-14-19(7-9-30(23)24)25(32)18-4-5-18/h7,9-10,12-16,18H,4-6,8,11H2,1-3H3. The number of alkyl halides is 2. The molecule has 0 aliphatic heterocycles. The van der Waals surface area contributed by atoms with Gasteiger partial charge in [-0.2, -0.15) is 0 Å². The highest BCUT2D eigenvalue weighted by Crippen LogP contribution is 2.33. The van der Waals surface area contributed by atoms with Crippen LogP contribution in [0.5, 0.6) is 5.75 Å². The van der Waals surface area contributed by atoms with Crippen LogP contribution in [0.1, 0.15) is 62.4 Å². The van der Waals surface area contributed by atoms with Gasteiger partial charge in [0.25, 0.3) is 0 Å². The summed E-state index contributed by atoms with van der Waals surface area (Å²) in [6, 6.07) is 9.13. The van der Waals surface area contributed by atoms with Crippen LogP contribution in [0.15, 0.2) is 42.7 Å². The molecular weight excluding hydrogens is 426 g/mol. The van der Waals surface area contributed by atoms with Crippen molar-refractivity contribution in [1.29, 1.82) is 0 Å². The van der Waals surface area contributed by atoms with Crippen LogP contribution in [-0.2, 0) is 11.2 Å². The number of rotatable bonds is 10. The van der Waals surface area contributed by atoms with E-state index in [1.54, 1.807) is 18.3 Å². The van der Waals surface area contributed by atoms with E-state index in [4.69, 9.17) is 4.74 Å². The van der Waals surface area contributed by atoms with Crippen LogP contribution < -0.4 is 4.74 Å². The van der Waals surface area contributed by atoms with Gasteiger partial charge in [0.15, 0.2) is 5.78 Å². The van der Waals surface area contributed by atoms with Crippen LogP contribution in [0.2, 0.25) is 0 Å². The number of pyridine rings is 1. The molecule has 4 rings (SSSR count). The van der Waals surface area contributed by atoms with Gasteiger partial charge in [-0.1, -0.05) is 0 Å². The number of carbonyl (C=O) groups is 2. The predicted molar refractivity (Wildman–Crippen MR) is 122 cm³/mol. The van der Waals surface area contributed by atoms with E-state index < -0.39 is 12.3 Å². The first kappa shape index (κ1) is 23.1. The van der Waals surface area contributed by atoms with Gasteiger partial charge < -0.3 is 4.74 Å². The Kier molecular flexibility index (Phi) is 6.32. The number of nitrogens with zero attached hydrogens (tertiary/aromatic N) is 2. The molecule has 5 nitrogen and oxygen atoms in total. The summed E-state index contributed by atoms with van der Waals surface area (Å²) in [7, 11) is 0. The normalized spacial score (nSPS) is 14.1.